The maximum absolute atomic E-state index is 11.4. The minimum atomic E-state index is -0.369. The second kappa shape index (κ2) is 8.96. The van der Waals surface area contributed by atoms with E-state index >= 15 is 0 Å². The van der Waals surface area contributed by atoms with Crippen molar-refractivity contribution < 1.29 is 19.1 Å². The number of esters is 2. The summed E-state index contributed by atoms with van der Waals surface area (Å²) in [6, 6.07) is 8.09. The highest BCUT2D eigenvalue weighted by atomic mass is 16.6. The van der Waals surface area contributed by atoms with Crippen molar-refractivity contribution in [2.24, 2.45) is 0 Å². The van der Waals surface area contributed by atoms with Gasteiger partial charge in [-0.2, -0.15) is 0 Å². The fourth-order valence-corrected chi connectivity index (χ4v) is 1.69. The van der Waals surface area contributed by atoms with Gasteiger partial charge in [-0.25, -0.2) is 0 Å². The van der Waals surface area contributed by atoms with Crippen molar-refractivity contribution in [3.63, 3.8) is 0 Å². The van der Waals surface area contributed by atoms with Crippen LogP contribution in [-0.2, 0) is 25.5 Å². The maximum atomic E-state index is 11.4. The number of rotatable bonds is 8. The Bertz CT molecular complexity index is 428. The van der Waals surface area contributed by atoms with Gasteiger partial charge in [-0.3, -0.25) is 9.59 Å². The van der Waals surface area contributed by atoms with Gasteiger partial charge < -0.3 is 14.8 Å². The molecule has 0 bridgehead atoms. The van der Waals surface area contributed by atoms with Crippen LogP contribution in [-0.4, -0.2) is 32.2 Å². The molecule has 0 aliphatic heterocycles. The second-order valence-corrected chi connectivity index (χ2v) is 4.36. The lowest BCUT2D eigenvalue weighted by molar-refractivity contribution is -0.151. The fraction of sp³-hybridized carbons (Fsp3) is 0.467. The highest BCUT2D eigenvalue weighted by Gasteiger charge is 2.03. The van der Waals surface area contributed by atoms with Crippen LogP contribution >= 0.6 is 0 Å². The topological polar surface area (TPSA) is 64.6 Å². The van der Waals surface area contributed by atoms with Crippen molar-refractivity contribution in [2.75, 3.05) is 25.6 Å². The number of hydrogen-bond acceptors (Lipinski definition) is 5. The summed E-state index contributed by atoms with van der Waals surface area (Å²) in [5.74, 6) is -0.630. The van der Waals surface area contributed by atoms with E-state index in [0.29, 0.717) is 6.42 Å². The molecule has 0 aliphatic rings. The molecule has 0 amide bonds. The summed E-state index contributed by atoms with van der Waals surface area (Å²) in [6.07, 6.45) is 1.95. The van der Waals surface area contributed by atoms with Gasteiger partial charge in [-0.1, -0.05) is 12.1 Å². The van der Waals surface area contributed by atoms with Crippen molar-refractivity contribution in [1.29, 1.82) is 0 Å². The lowest BCUT2D eigenvalue weighted by Gasteiger charge is -2.06. The van der Waals surface area contributed by atoms with E-state index in [9.17, 15) is 9.59 Å². The fourth-order valence-electron chi connectivity index (χ4n) is 1.69. The summed E-state index contributed by atoms with van der Waals surface area (Å²) in [5.41, 5.74) is 2.26. The molecule has 20 heavy (non-hydrogen) atoms. The molecular weight excluding hydrogens is 258 g/mol. The van der Waals surface area contributed by atoms with E-state index < -0.39 is 0 Å². The largest absolute Gasteiger partial charge is 0.462 e. The van der Waals surface area contributed by atoms with Gasteiger partial charge in [0.15, 0.2) is 0 Å². The Kier molecular flexibility index (Phi) is 7.17. The first-order chi connectivity index (χ1) is 9.61. The zero-order valence-corrected chi connectivity index (χ0v) is 12.0. The Morgan fingerprint density at radius 1 is 1.10 bits per heavy atom. The maximum Gasteiger partial charge on any atom is 0.305 e. The monoisotopic (exact) mass is 279 g/mol. The number of hydrogen-bond donors (Lipinski definition) is 1. The summed E-state index contributed by atoms with van der Waals surface area (Å²) in [5, 5.41) is 3.06. The molecule has 0 unspecified atom stereocenters. The molecule has 110 valence electrons. The van der Waals surface area contributed by atoms with Crippen LogP contribution < -0.4 is 5.32 Å². The zero-order valence-electron chi connectivity index (χ0n) is 12.0. The molecule has 1 aromatic carbocycles. The van der Waals surface area contributed by atoms with Gasteiger partial charge in [-0.05, 0) is 30.5 Å². The SMILES string of the molecule is CNc1ccc(CCCC(=O)OCCOC(C)=O)cc1. The van der Waals surface area contributed by atoms with Gasteiger partial charge in [-0.15, -0.1) is 0 Å². The van der Waals surface area contributed by atoms with Gasteiger partial charge >= 0.3 is 11.9 Å². The van der Waals surface area contributed by atoms with E-state index in [1.807, 2.05) is 31.3 Å². The molecule has 0 aliphatic carbocycles. The minimum absolute atomic E-state index is 0.118. The number of aryl methyl sites for hydroxylation is 1. The standard InChI is InChI=1S/C15H21NO4/c1-12(17)19-10-11-20-15(18)5-3-4-13-6-8-14(16-2)9-7-13/h6-9,16H,3-5,10-11H2,1-2H3. The first kappa shape index (κ1) is 16.0. The number of anilines is 1. The van der Waals surface area contributed by atoms with E-state index in [-0.39, 0.29) is 25.2 Å². The molecule has 0 atom stereocenters. The van der Waals surface area contributed by atoms with Gasteiger partial charge in [0.1, 0.15) is 13.2 Å². The van der Waals surface area contributed by atoms with E-state index in [4.69, 9.17) is 4.74 Å². The molecule has 5 nitrogen and oxygen atoms in total. The molecule has 0 heterocycles. The van der Waals surface area contributed by atoms with Crippen LogP contribution in [0.15, 0.2) is 24.3 Å². The van der Waals surface area contributed by atoms with Crippen LogP contribution in [0.25, 0.3) is 0 Å². The van der Waals surface area contributed by atoms with Crippen molar-refractivity contribution in [2.45, 2.75) is 26.2 Å². The average Bonchev–Trinajstić information content (AvgIpc) is 2.44. The number of carbonyl (C=O) groups is 2. The number of ether oxygens (including phenoxy) is 2. The average molecular weight is 279 g/mol. The third kappa shape index (κ3) is 6.78. The summed E-state index contributed by atoms with van der Waals surface area (Å²) in [7, 11) is 1.88. The molecule has 1 rings (SSSR count). The van der Waals surface area contributed by atoms with Crippen LogP contribution in [0.2, 0.25) is 0 Å². The van der Waals surface area contributed by atoms with E-state index in [1.165, 1.54) is 12.5 Å². The lowest BCUT2D eigenvalue weighted by Crippen LogP contribution is -2.12. The predicted molar refractivity (Wildman–Crippen MR) is 76.5 cm³/mol. The highest BCUT2D eigenvalue weighted by Crippen LogP contribution is 2.11. The molecule has 0 saturated carbocycles. The van der Waals surface area contributed by atoms with Gasteiger partial charge in [0, 0.05) is 26.1 Å². The van der Waals surface area contributed by atoms with Gasteiger partial charge in [0.25, 0.3) is 0 Å². The summed E-state index contributed by atoms with van der Waals surface area (Å²) in [4.78, 5) is 21.9. The first-order valence-corrected chi connectivity index (χ1v) is 6.67. The summed E-state index contributed by atoms with van der Waals surface area (Å²) >= 11 is 0. The van der Waals surface area contributed by atoms with Crippen molar-refractivity contribution in [3.05, 3.63) is 29.8 Å². The Hall–Kier alpha value is -2.04. The van der Waals surface area contributed by atoms with Crippen LogP contribution in [0.4, 0.5) is 5.69 Å². The quantitative estimate of drug-likeness (QED) is 0.583. The zero-order chi connectivity index (χ0) is 14.8. The molecule has 1 aromatic rings. The Balaban J connectivity index is 2.13. The Morgan fingerprint density at radius 3 is 2.35 bits per heavy atom. The van der Waals surface area contributed by atoms with E-state index in [0.717, 1.165) is 18.5 Å². The van der Waals surface area contributed by atoms with Crippen molar-refractivity contribution >= 4 is 17.6 Å². The smallest absolute Gasteiger partial charge is 0.305 e. The third-order valence-electron chi connectivity index (χ3n) is 2.74. The second-order valence-electron chi connectivity index (χ2n) is 4.36. The molecule has 0 radical (unpaired) electrons. The number of nitrogens with one attached hydrogen (secondary N) is 1. The molecule has 0 saturated heterocycles. The van der Waals surface area contributed by atoms with Crippen molar-refractivity contribution in [1.82, 2.24) is 0 Å². The Morgan fingerprint density at radius 2 is 1.75 bits per heavy atom. The van der Waals surface area contributed by atoms with Crippen LogP contribution in [0.1, 0.15) is 25.3 Å². The third-order valence-corrected chi connectivity index (χ3v) is 2.74. The number of carbonyl (C=O) groups excluding carboxylic acids is 2. The van der Waals surface area contributed by atoms with Crippen LogP contribution in [0.5, 0.6) is 0 Å². The minimum Gasteiger partial charge on any atom is -0.462 e. The lowest BCUT2D eigenvalue weighted by atomic mass is 10.1. The van der Waals surface area contributed by atoms with Crippen LogP contribution in [0.3, 0.4) is 0 Å². The van der Waals surface area contributed by atoms with E-state index in [1.54, 1.807) is 0 Å². The van der Waals surface area contributed by atoms with Gasteiger partial charge in [0.2, 0.25) is 0 Å². The highest BCUT2D eigenvalue weighted by molar-refractivity contribution is 5.69. The normalized spacial score (nSPS) is 9.90. The summed E-state index contributed by atoms with van der Waals surface area (Å²) in [6.45, 7) is 1.56. The first-order valence-electron chi connectivity index (χ1n) is 6.67. The van der Waals surface area contributed by atoms with Crippen molar-refractivity contribution in [3.8, 4) is 0 Å². The number of benzene rings is 1. The Labute approximate surface area is 119 Å². The molecule has 0 aromatic heterocycles. The summed E-state index contributed by atoms with van der Waals surface area (Å²) < 4.78 is 9.61. The van der Waals surface area contributed by atoms with Crippen LogP contribution in [0, 0.1) is 0 Å². The van der Waals surface area contributed by atoms with Gasteiger partial charge in [0.05, 0.1) is 0 Å². The molecular formula is C15H21NO4. The molecule has 0 spiro atoms. The van der Waals surface area contributed by atoms with E-state index in [2.05, 4.69) is 10.1 Å². The predicted octanol–water partition coefficient (Wildman–Crippen LogP) is 2.16. The molecule has 5 heteroatoms. The molecule has 1 N–H and O–H groups in total. The molecule has 0 fully saturated rings.